The Balaban J connectivity index is 2.16. The van der Waals surface area contributed by atoms with Crippen LogP contribution in [0.4, 0.5) is 0 Å². The second kappa shape index (κ2) is 7.69. The number of benzene rings is 2. The van der Waals surface area contributed by atoms with Gasteiger partial charge in [0.25, 0.3) is 0 Å². The monoisotopic (exact) mass is 324 g/mol. The van der Waals surface area contributed by atoms with Gasteiger partial charge in [-0.15, -0.1) is 0 Å². The molecule has 0 saturated carbocycles. The normalized spacial score (nSPS) is 12.2. The number of ether oxygens (including phenoxy) is 1. The van der Waals surface area contributed by atoms with E-state index in [9.17, 15) is 5.11 Å². The van der Waals surface area contributed by atoms with Crippen molar-refractivity contribution in [2.24, 2.45) is 0 Å². The lowest BCUT2D eigenvalue weighted by Gasteiger charge is -2.16. The van der Waals surface area contributed by atoms with Gasteiger partial charge in [-0.25, -0.2) is 0 Å². The van der Waals surface area contributed by atoms with E-state index in [1.165, 1.54) is 0 Å². The number of rotatable bonds is 6. The molecule has 4 heteroatoms. The minimum absolute atomic E-state index is 0.0760. The first-order chi connectivity index (χ1) is 10.1. The van der Waals surface area contributed by atoms with Crippen LogP contribution < -0.4 is 4.74 Å². The van der Waals surface area contributed by atoms with Crippen LogP contribution in [0.15, 0.2) is 42.5 Å². The Morgan fingerprint density at radius 2 is 1.71 bits per heavy atom. The van der Waals surface area contributed by atoms with Gasteiger partial charge in [0.15, 0.2) is 0 Å². The van der Waals surface area contributed by atoms with Crippen molar-refractivity contribution >= 4 is 23.2 Å². The molecule has 0 aliphatic carbocycles. The standard InChI is InChI=1S/C17H18Cl2O2/c1-2-3-12(11-20)16-9-8-15(10-17(16)19)21-14-6-4-13(18)5-7-14/h4-10,12,20H,2-3,11H2,1H3. The number of hydrogen-bond donors (Lipinski definition) is 1. The van der Waals surface area contributed by atoms with Crippen LogP contribution in [0.3, 0.4) is 0 Å². The lowest BCUT2D eigenvalue weighted by atomic mass is 9.95. The van der Waals surface area contributed by atoms with E-state index < -0.39 is 0 Å². The van der Waals surface area contributed by atoms with Crippen LogP contribution >= 0.6 is 23.2 Å². The van der Waals surface area contributed by atoms with Crippen molar-refractivity contribution in [3.63, 3.8) is 0 Å². The summed E-state index contributed by atoms with van der Waals surface area (Å²) in [5.41, 5.74) is 0.962. The maximum Gasteiger partial charge on any atom is 0.128 e. The molecule has 0 heterocycles. The van der Waals surface area contributed by atoms with Gasteiger partial charge in [-0.05, 0) is 48.4 Å². The summed E-state index contributed by atoms with van der Waals surface area (Å²) in [6, 6.07) is 12.7. The van der Waals surface area contributed by atoms with Gasteiger partial charge < -0.3 is 9.84 Å². The first-order valence-electron chi connectivity index (χ1n) is 6.97. The van der Waals surface area contributed by atoms with E-state index in [2.05, 4.69) is 6.92 Å². The summed E-state index contributed by atoms with van der Waals surface area (Å²) < 4.78 is 5.74. The molecule has 2 aromatic carbocycles. The van der Waals surface area contributed by atoms with E-state index in [-0.39, 0.29) is 12.5 Å². The first kappa shape index (κ1) is 16.2. The second-order valence-corrected chi connectivity index (χ2v) is 5.75. The first-order valence-corrected chi connectivity index (χ1v) is 7.73. The van der Waals surface area contributed by atoms with Crippen molar-refractivity contribution in [1.82, 2.24) is 0 Å². The largest absolute Gasteiger partial charge is 0.457 e. The van der Waals surface area contributed by atoms with Crippen LogP contribution in [0.5, 0.6) is 11.5 Å². The summed E-state index contributed by atoms with van der Waals surface area (Å²) in [4.78, 5) is 0. The molecule has 1 N–H and O–H groups in total. The fourth-order valence-corrected chi connectivity index (χ4v) is 2.69. The molecule has 0 aromatic heterocycles. The topological polar surface area (TPSA) is 29.5 Å². The molecule has 2 aromatic rings. The lowest BCUT2D eigenvalue weighted by molar-refractivity contribution is 0.258. The SMILES string of the molecule is CCCC(CO)c1ccc(Oc2ccc(Cl)cc2)cc1Cl. The number of aliphatic hydroxyl groups excluding tert-OH is 1. The van der Waals surface area contributed by atoms with E-state index in [1.807, 2.05) is 12.1 Å². The lowest BCUT2D eigenvalue weighted by Crippen LogP contribution is -2.04. The van der Waals surface area contributed by atoms with Crippen LogP contribution in [-0.2, 0) is 0 Å². The Hall–Kier alpha value is -1.22. The van der Waals surface area contributed by atoms with Crippen LogP contribution in [0.2, 0.25) is 10.0 Å². The zero-order valence-electron chi connectivity index (χ0n) is 11.9. The highest BCUT2D eigenvalue weighted by Gasteiger charge is 2.14. The fraction of sp³-hybridized carbons (Fsp3) is 0.294. The van der Waals surface area contributed by atoms with Crippen molar-refractivity contribution in [3.05, 3.63) is 58.1 Å². The maximum absolute atomic E-state index is 9.46. The molecule has 2 rings (SSSR count). The summed E-state index contributed by atoms with van der Waals surface area (Å²) >= 11 is 12.2. The highest BCUT2D eigenvalue weighted by atomic mass is 35.5. The molecule has 112 valence electrons. The molecule has 0 aliphatic rings. The van der Waals surface area contributed by atoms with E-state index in [0.717, 1.165) is 18.4 Å². The predicted octanol–water partition coefficient (Wildman–Crippen LogP) is 5.66. The van der Waals surface area contributed by atoms with Gasteiger partial charge in [0, 0.05) is 22.6 Å². The third kappa shape index (κ3) is 4.37. The molecular formula is C17H18Cl2O2. The number of halogens is 2. The van der Waals surface area contributed by atoms with Crippen LogP contribution in [0.25, 0.3) is 0 Å². The van der Waals surface area contributed by atoms with Crippen molar-refractivity contribution in [2.75, 3.05) is 6.61 Å². The summed E-state index contributed by atoms with van der Waals surface area (Å²) in [7, 11) is 0. The van der Waals surface area contributed by atoms with Gasteiger partial charge in [0.05, 0.1) is 0 Å². The highest BCUT2D eigenvalue weighted by Crippen LogP contribution is 2.32. The van der Waals surface area contributed by atoms with E-state index >= 15 is 0 Å². The van der Waals surface area contributed by atoms with Crippen LogP contribution in [-0.4, -0.2) is 11.7 Å². The minimum Gasteiger partial charge on any atom is -0.457 e. The molecule has 0 saturated heterocycles. The Morgan fingerprint density at radius 3 is 2.29 bits per heavy atom. The Morgan fingerprint density at radius 1 is 1.05 bits per heavy atom. The van der Waals surface area contributed by atoms with E-state index in [0.29, 0.717) is 21.5 Å². The van der Waals surface area contributed by atoms with E-state index in [4.69, 9.17) is 27.9 Å². The van der Waals surface area contributed by atoms with Gasteiger partial charge in [-0.2, -0.15) is 0 Å². The van der Waals surface area contributed by atoms with Gasteiger partial charge in [0.1, 0.15) is 11.5 Å². The summed E-state index contributed by atoms with van der Waals surface area (Å²) in [6.45, 7) is 2.19. The predicted molar refractivity (Wildman–Crippen MR) is 87.7 cm³/mol. The second-order valence-electron chi connectivity index (χ2n) is 4.91. The zero-order chi connectivity index (χ0) is 15.2. The molecule has 0 spiro atoms. The molecule has 0 amide bonds. The van der Waals surface area contributed by atoms with Crippen molar-refractivity contribution < 1.29 is 9.84 Å². The quantitative estimate of drug-likeness (QED) is 0.742. The van der Waals surface area contributed by atoms with Crippen molar-refractivity contribution in [2.45, 2.75) is 25.7 Å². The third-order valence-electron chi connectivity index (χ3n) is 3.32. The van der Waals surface area contributed by atoms with Gasteiger partial charge in [-0.3, -0.25) is 0 Å². The van der Waals surface area contributed by atoms with Crippen molar-refractivity contribution in [1.29, 1.82) is 0 Å². The molecule has 1 unspecified atom stereocenters. The molecule has 0 bridgehead atoms. The number of aliphatic hydroxyl groups is 1. The zero-order valence-corrected chi connectivity index (χ0v) is 13.4. The molecule has 2 nitrogen and oxygen atoms in total. The Kier molecular flexibility index (Phi) is 5.92. The minimum atomic E-state index is 0.0760. The Labute approximate surface area is 135 Å². The average Bonchev–Trinajstić information content (AvgIpc) is 2.48. The van der Waals surface area contributed by atoms with Crippen LogP contribution in [0.1, 0.15) is 31.2 Å². The Bertz CT molecular complexity index is 582. The van der Waals surface area contributed by atoms with Gasteiger partial charge >= 0.3 is 0 Å². The molecule has 21 heavy (non-hydrogen) atoms. The average molecular weight is 325 g/mol. The summed E-state index contributed by atoms with van der Waals surface area (Å²) in [6.07, 6.45) is 1.91. The summed E-state index contributed by atoms with van der Waals surface area (Å²) in [5.74, 6) is 1.45. The van der Waals surface area contributed by atoms with Gasteiger partial charge in [0.2, 0.25) is 0 Å². The third-order valence-corrected chi connectivity index (χ3v) is 3.90. The molecule has 0 radical (unpaired) electrons. The number of hydrogen-bond acceptors (Lipinski definition) is 2. The van der Waals surface area contributed by atoms with Crippen LogP contribution in [0, 0.1) is 0 Å². The maximum atomic E-state index is 9.46. The summed E-state index contributed by atoms with van der Waals surface area (Å²) in [5, 5.41) is 10.8. The van der Waals surface area contributed by atoms with E-state index in [1.54, 1.807) is 30.3 Å². The molecule has 0 aliphatic heterocycles. The van der Waals surface area contributed by atoms with Crippen molar-refractivity contribution in [3.8, 4) is 11.5 Å². The smallest absolute Gasteiger partial charge is 0.128 e. The fourth-order valence-electron chi connectivity index (χ4n) is 2.23. The molecule has 0 fully saturated rings. The molecular weight excluding hydrogens is 307 g/mol. The van der Waals surface area contributed by atoms with Gasteiger partial charge in [-0.1, -0.05) is 42.6 Å². The molecule has 1 atom stereocenters. The highest BCUT2D eigenvalue weighted by molar-refractivity contribution is 6.31.